The summed E-state index contributed by atoms with van der Waals surface area (Å²) >= 11 is 0. The Morgan fingerprint density at radius 3 is 1.18 bits per heavy atom. The second-order valence-corrected chi connectivity index (χ2v) is 18.4. The van der Waals surface area contributed by atoms with E-state index in [4.69, 9.17) is 9.97 Å². The minimum absolute atomic E-state index is 0.113. The third-order valence-corrected chi connectivity index (χ3v) is 14.7. The van der Waals surface area contributed by atoms with Crippen molar-refractivity contribution in [2.24, 2.45) is 0 Å². The summed E-state index contributed by atoms with van der Waals surface area (Å²) in [6, 6.07) is 86.0. The number of nitrogens with one attached hydrogen (secondary N) is 1. The van der Waals surface area contributed by atoms with Crippen LogP contribution in [0.3, 0.4) is 0 Å². The van der Waals surface area contributed by atoms with Gasteiger partial charge in [-0.2, -0.15) is 0 Å². The molecule has 0 spiro atoms. The van der Waals surface area contributed by atoms with Gasteiger partial charge in [-0.3, -0.25) is 0 Å². The standard InChI is InChI=1S/C65H43N3/c1-7-19-40(20-8-1)46-31-34-49-52(37-46)67-64(44-27-15-5-16-28-44)61-55(49)58-56-50-35-32-47(41-21-9-2-10-22-41)38-53(50)68-65(45-29-17-6-18-30-45)62(56)59(61)57-51-36-33-48(42-23-11-3-12-24-42)39-54(51)66-63(60(57)58)43-25-13-4-14-26-43/h1-39,58-59,63,66H. The maximum absolute atomic E-state index is 5.81. The third-order valence-electron chi connectivity index (χ3n) is 14.7. The van der Waals surface area contributed by atoms with Gasteiger partial charge in [-0.25, -0.2) is 9.97 Å². The summed E-state index contributed by atoms with van der Waals surface area (Å²) in [5.41, 5.74) is 25.0. The van der Waals surface area contributed by atoms with Crippen molar-refractivity contribution < 1.29 is 0 Å². The van der Waals surface area contributed by atoms with E-state index in [1.807, 2.05) is 0 Å². The summed E-state index contributed by atoms with van der Waals surface area (Å²) in [5.74, 6) is -0.345. The van der Waals surface area contributed by atoms with Crippen LogP contribution < -0.4 is 5.32 Å². The molecule has 1 N–H and O–H groups in total. The van der Waals surface area contributed by atoms with Gasteiger partial charge in [0.2, 0.25) is 0 Å². The molecule has 318 valence electrons. The zero-order valence-electron chi connectivity index (χ0n) is 37.1. The summed E-state index contributed by atoms with van der Waals surface area (Å²) < 4.78 is 0. The van der Waals surface area contributed by atoms with Crippen molar-refractivity contribution in [1.29, 1.82) is 0 Å². The molecule has 0 amide bonds. The number of nitrogens with zero attached hydrogens (tertiary/aromatic N) is 2. The topological polar surface area (TPSA) is 37.8 Å². The molecule has 3 nitrogen and oxygen atoms in total. The lowest BCUT2D eigenvalue weighted by Crippen LogP contribution is -2.36. The third kappa shape index (κ3) is 5.99. The maximum atomic E-state index is 5.81. The van der Waals surface area contributed by atoms with Gasteiger partial charge in [0.05, 0.1) is 28.5 Å². The molecule has 1 unspecified atom stereocenters. The Balaban J connectivity index is 1.15. The van der Waals surface area contributed by atoms with Crippen LogP contribution in [0, 0.1) is 0 Å². The highest BCUT2D eigenvalue weighted by molar-refractivity contribution is 6.06. The van der Waals surface area contributed by atoms with Crippen LogP contribution in [0.25, 0.3) is 83.3 Å². The molecule has 1 aliphatic heterocycles. The van der Waals surface area contributed by atoms with Crippen LogP contribution in [0.1, 0.15) is 51.3 Å². The number of hydrogen-bond donors (Lipinski definition) is 1. The lowest BCUT2D eigenvalue weighted by atomic mass is 9.55. The van der Waals surface area contributed by atoms with E-state index in [0.29, 0.717) is 0 Å². The Kier molecular flexibility index (Phi) is 8.78. The summed E-state index contributed by atoms with van der Waals surface area (Å²) in [4.78, 5) is 11.6. The number of rotatable bonds is 6. The number of aromatic nitrogens is 2. The number of anilines is 1. The molecule has 0 radical (unpaired) electrons. The molecule has 9 aromatic carbocycles. The molecule has 3 heterocycles. The van der Waals surface area contributed by atoms with Gasteiger partial charge in [-0.05, 0) is 90.5 Å². The number of pyridine rings is 2. The van der Waals surface area contributed by atoms with Gasteiger partial charge < -0.3 is 5.32 Å². The minimum Gasteiger partial charge on any atom is -0.374 e. The highest BCUT2D eigenvalue weighted by Crippen LogP contribution is 2.67. The van der Waals surface area contributed by atoms with E-state index in [9.17, 15) is 0 Å². The minimum atomic E-state index is -0.198. The molecule has 11 aromatic rings. The first-order valence-corrected chi connectivity index (χ1v) is 23.7. The second kappa shape index (κ2) is 15.5. The quantitative estimate of drug-likeness (QED) is 0.181. The van der Waals surface area contributed by atoms with Gasteiger partial charge >= 0.3 is 0 Å². The van der Waals surface area contributed by atoms with Crippen LogP contribution in [0.2, 0.25) is 0 Å². The number of hydrogen-bond acceptors (Lipinski definition) is 3. The Morgan fingerprint density at radius 1 is 0.324 bits per heavy atom. The van der Waals surface area contributed by atoms with Crippen molar-refractivity contribution in [3.8, 4) is 55.9 Å². The molecule has 68 heavy (non-hydrogen) atoms. The first kappa shape index (κ1) is 38.6. The van der Waals surface area contributed by atoms with Crippen molar-refractivity contribution in [1.82, 2.24) is 9.97 Å². The van der Waals surface area contributed by atoms with Crippen LogP contribution in [-0.4, -0.2) is 9.97 Å². The Labute approximate surface area is 395 Å². The molecule has 0 saturated carbocycles. The van der Waals surface area contributed by atoms with Crippen LogP contribution in [0.5, 0.6) is 0 Å². The second-order valence-electron chi connectivity index (χ2n) is 18.4. The summed E-state index contributed by atoms with van der Waals surface area (Å²) in [5, 5.41) is 6.61. The van der Waals surface area contributed by atoms with Crippen molar-refractivity contribution in [3.05, 3.63) is 276 Å². The lowest BCUT2D eigenvalue weighted by Gasteiger charge is -2.50. The van der Waals surface area contributed by atoms with Gasteiger partial charge in [0.25, 0.3) is 0 Å². The zero-order valence-corrected chi connectivity index (χ0v) is 37.1. The number of benzene rings is 9. The fraction of sp³-hybridized carbons (Fsp3) is 0.0462. The fourth-order valence-corrected chi connectivity index (χ4v) is 11.8. The molecule has 0 fully saturated rings. The molecular formula is C65H43N3. The van der Waals surface area contributed by atoms with E-state index in [0.717, 1.165) is 50.4 Å². The van der Waals surface area contributed by atoms with E-state index < -0.39 is 0 Å². The summed E-state index contributed by atoms with van der Waals surface area (Å²) in [7, 11) is 0. The van der Waals surface area contributed by atoms with Crippen LogP contribution in [-0.2, 0) is 0 Å². The van der Waals surface area contributed by atoms with Crippen molar-refractivity contribution in [2.75, 3.05) is 5.32 Å². The average molecular weight is 866 g/mol. The normalized spacial score (nSPS) is 16.4. The van der Waals surface area contributed by atoms with Gasteiger partial charge in [0, 0.05) is 45.0 Å². The highest BCUT2D eigenvalue weighted by atomic mass is 14.9. The van der Waals surface area contributed by atoms with Gasteiger partial charge in [-0.1, -0.05) is 218 Å². The molecule has 2 aromatic heterocycles. The Bertz CT molecular complexity index is 3620. The predicted molar refractivity (Wildman–Crippen MR) is 281 cm³/mol. The monoisotopic (exact) mass is 865 g/mol. The lowest BCUT2D eigenvalue weighted by molar-refractivity contribution is 0.716. The Hall–Kier alpha value is -8.66. The smallest absolute Gasteiger partial charge is 0.0754 e. The van der Waals surface area contributed by atoms with Crippen LogP contribution in [0.4, 0.5) is 5.69 Å². The molecular weight excluding hydrogens is 823 g/mol. The summed E-state index contributed by atoms with van der Waals surface area (Å²) in [6.07, 6.45) is 0. The first-order valence-electron chi connectivity index (χ1n) is 23.7. The molecule has 4 aliphatic rings. The largest absolute Gasteiger partial charge is 0.374 e. The number of allylic oxidation sites excluding steroid dienone is 1. The van der Waals surface area contributed by atoms with Crippen LogP contribution >= 0.6 is 0 Å². The van der Waals surface area contributed by atoms with Crippen LogP contribution in [0.15, 0.2) is 242 Å². The molecule has 1 atom stereocenters. The molecule has 3 aliphatic carbocycles. The van der Waals surface area contributed by atoms with E-state index in [2.05, 4.69) is 242 Å². The number of fused-ring (bicyclic) bond motifs is 3. The van der Waals surface area contributed by atoms with Crippen molar-refractivity contribution >= 4 is 33.1 Å². The van der Waals surface area contributed by atoms with E-state index in [-0.39, 0.29) is 17.9 Å². The van der Waals surface area contributed by atoms with E-state index >= 15 is 0 Å². The zero-order chi connectivity index (χ0) is 44.7. The van der Waals surface area contributed by atoms with Gasteiger partial charge in [-0.15, -0.1) is 0 Å². The average Bonchev–Trinajstić information content (AvgIpc) is 3.43. The van der Waals surface area contributed by atoms with E-state index in [1.165, 1.54) is 77.6 Å². The maximum Gasteiger partial charge on any atom is 0.0754 e. The highest BCUT2D eigenvalue weighted by Gasteiger charge is 2.52. The predicted octanol–water partition coefficient (Wildman–Crippen LogP) is 16.3. The van der Waals surface area contributed by atoms with Gasteiger partial charge in [0.1, 0.15) is 0 Å². The SMILES string of the molecule is c1ccc(-c2ccc3c(c2)NC(c2ccccc2)C2=C3C3c4c(-c5ccccc5)nc5cc(-c6ccccc6)ccc5c4C2c2c3c(-c3ccccc3)nc3cc(-c4ccccc4)ccc23)cc1. The van der Waals surface area contributed by atoms with Crippen molar-refractivity contribution in [2.45, 2.75) is 17.9 Å². The fourth-order valence-electron chi connectivity index (χ4n) is 11.8. The molecule has 15 rings (SSSR count). The molecule has 2 bridgehead atoms. The molecule has 0 saturated heterocycles. The van der Waals surface area contributed by atoms with Crippen molar-refractivity contribution in [3.63, 3.8) is 0 Å². The Morgan fingerprint density at radius 2 is 0.721 bits per heavy atom. The summed E-state index contributed by atoms with van der Waals surface area (Å²) in [6.45, 7) is 0. The van der Waals surface area contributed by atoms with E-state index in [1.54, 1.807) is 0 Å². The van der Waals surface area contributed by atoms with Gasteiger partial charge in [0.15, 0.2) is 0 Å². The first-order chi connectivity index (χ1) is 33.7. The molecule has 3 heteroatoms.